The first-order valence-electron chi connectivity index (χ1n) is 6.57. The second-order valence-corrected chi connectivity index (χ2v) is 6.08. The number of ether oxygens (including phenoxy) is 1. The summed E-state index contributed by atoms with van der Waals surface area (Å²) in [6, 6.07) is 2.67. The Kier molecular flexibility index (Phi) is 4.60. The van der Waals surface area contributed by atoms with Gasteiger partial charge in [-0.1, -0.05) is 6.92 Å². The molecule has 1 heterocycles. The van der Waals surface area contributed by atoms with E-state index in [9.17, 15) is 0 Å². The van der Waals surface area contributed by atoms with Crippen LogP contribution in [0.1, 0.15) is 42.7 Å². The molecule has 0 aliphatic heterocycles. The first kappa shape index (κ1) is 13.1. The molecule has 0 radical (unpaired) electrons. The standard InChI is InChI=1S/C14H23NOS/c1-4-7-15-13(12-8-10(2)17-9-12)14(16-3)11-5-6-11/h8-9,11,13-15H,4-7H2,1-3H3. The Balaban J connectivity index is 2.11. The van der Waals surface area contributed by atoms with Crippen molar-refractivity contribution in [2.75, 3.05) is 13.7 Å². The molecule has 0 aromatic carbocycles. The molecule has 0 saturated heterocycles. The number of methoxy groups -OCH3 is 1. The third-order valence-corrected chi connectivity index (χ3v) is 4.29. The Hall–Kier alpha value is -0.380. The summed E-state index contributed by atoms with van der Waals surface area (Å²) in [5.74, 6) is 0.759. The van der Waals surface area contributed by atoms with Crippen LogP contribution in [-0.4, -0.2) is 19.8 Å². The van der Waals surface area contributed by atoms with Crippen molar-refractivity contribution in [3.05, 3.63) is 21.9 Å². The molecule has 1 N–H and O–H groups in total. The lowest BCUT2D eigenvalue weighted by Gasteiger charge is -2.26. The van der Waals surface area contributed by atoms with Gasteiger partial charge in [-0.05, 0) is 55.7 Å². The predicted octanol–water partition coefficient (Wildman–Crippen LogP) is 3.52. The molecule has 1 aromatic rings. The first-order valence-corrected chi connectivity index (χ1v) is 7.45. The van der Waals surface area contributed by atoms with Gasteiger partial charge in [-0.15, -0.1) is 11.3 Å². The second kappa shape index (κ2) is 5.98. The van der Waals surface area contributed by atoms with Gasteiger partial charge in [-0.25, -0.2) is 0 Å². The summed E-state index contributed by atoms with van der Waals surface area (Å²) in [5, 5.41) is 5.93. The van der Waals surface area contributed by atoms with Gasteiger partial charge >= 0.3 is 0 Å². The summed E-state index contributed by atoms with van der Waals surface area (Å²) in [5.41, 5.74) is 1.40. The second-order valence-electron chi connectivity index (χ2n) is 4.96. The maximum absolute atomic E-state index is 5.74. The van der Waals surface area contributed by atoms with Crippen molar-refractivity contribution in [1.82, 2.24) is 5.32 Å². The zero-order chi connectivity index (χ0) is 12.3. The first-order chi connectivity index (χ1) is 8.26. The lowest BCUT2D eigenvalue weighted by Crippen LogP contribution is -2.35. The van der Waals surface area contributed by atoms with Gasteiger partial charge < -0.3 is 10.1 Å². The molecule has 1 fully saturated rings. The molecule has 3 heteroatoms. The van der Waals surface area contributed by atoms with E-state index >= 15 is 0 Å². The number of hydrogen-bond acceptors (Lipinski definition) is 3. The highest BCUT2D eigenvalue weighted by atomic mass is 32.1. The highest BCUT2D eigenvalue weighted by Gasteiger charge is 2.37. The van der Waals surface area contributed by atoms with Gasteiger partial charge in [0, 0.05) is 12.0 Å². The highest BCUT2D eigenvalue weighted by Crippen LogP contribution is 2.40. The fourth-order valence-corrected chi connectivity index (χ4v) is 3.12. The zero-order valence-corrected chi connectivity index (χ0v) is 11.8. The maximum Gasteiger partial charge on any atom is 0.0794 e. The Labute approximate surface area is 108 Å². The van der Waals surface area contributed by atoms with Gasteiger partial charge in [0.2, 0.25) is 0 Å². The molecule has 0 bridgehead atoms. The van der Waals surface area contributed by atoms with Crippen molar-refractivity contribution >= 4 is 11.3 Å². The predicted molar refractivity (Wildman–Crippen MR) is 73.6 cm³/mol. The van der Waals surface area contributed by atoms with E-state index < -0.39 is 0 Å². The van der Waals surface area contributed by atoms with E-state index in [-0.39, 0.29) is 0 Å². The summed E-state index contributed by atoms with van der Waals surface area (Å²) in [4.78, 5) is 1.38. The molecule has 0 amide bonds. The molecule has 0 spiro atoms. The average molecular weight is 253 g/mol. The SMILES string of the molecule is CCCNC(c1csc(C)c1)C(OC)C1CC1. The van der Waals surface area contributed by atoms with Gasteiger partial charge in [0.15, 0.2) is 0 Å². The zero-order valence-electron chi connectivity index (χ0n) is 11.0. The van der Waals surface area contributed by atoms with Gasteiger partial charge in [-0.3, -0.25) is 0 Å². The minimum atomic E-state index is 0.343. The Morgan fingerprint density at radius 2 is 2.29 bits per heavy atom. The van der Waals surface area contributed by atoms with E-state index in [4.69, 9.17) is 4.74 Å². The minimum Gasteiger partial charge on any atom is -0.379 e. The van der Waals surface area contributed by atoms with Gasteiger partial charge in [0.1, 0.15) is 0 Å². The topological polar surface area (TPSA) is 21.3 Å². The fourth-order valence-electron chi connectivity index (χ4n) is 2.38. The smallest absolute Gasteiger partial charge is 0.0794 e. The normalized spacial score (nSPS) is 19.2. The van der Waals surface area contributed by atoms with E-state index in [0.29, 0.717) is 12.1 Å². The van der Waals surface area contributed by atoms with E-state index in [2.05, 4.69) is 30.6 Å². The van der Waals surface area contributed by atoms with Gasteiger partial charge in [0.25, 0.3) is 0 Å². The third kappa shape index (κ3) is 3.30. The van der Waals surface area contributed by atoms with Crippen molar-refractivity contribution in [1.29, 1.82) is 0 Å². The van der Waals surface area contributed by atoms with E-state index in [0.717, 1.165) is 12.5 Å². The highest BCUT2D eigenvalue weighted by molar-refractivity contribution is 7.10. The van der Waals surface area contributed by atoms with Crippen molar-refractivity contribution in [2.45, 2.75) is 45.3 Å². The summed E-state index contributed by atoms with van der Waals surface area (Å²) in [6.07, 6.45) is 4.16. The molecule has 1 aliphatic rings. The molecule has 1 aliphatic carbocycles. The van der Waals surface area contributed by atoms with Crippen LogP contribution in [0.3, 0.4) is 0 Å². The quantitative estimate of drug-likeness (QED) is 0.802. The Morgan fingerprint density at radius 3 is 2.76 bits per heavy atom. The van der Waals surface area contributed by atoms with Crippen LogP contribution in [0.4, 0.5) is 0 Å². The van der Waals surface area contributed by atoms with Crippen LogP contribution in [0, 0.1) is 12.8 Å². The summed E-state index contributed by atoms with van der Waals surface area (Å²) in [6.45, 7) is 5.44. The Morgan fingerprint density at radius 1 is 1.53 bits per heavy atom. The van der Waals surface area contributed by atoms with E-state index in [1.54, 1.807) is 0 Å². The number of aryl methyl sites for hydroxylation is 1. The van der Waals surface area contributed by atoms with E-state index in [1.165, 1.54) is 29.7 Å². The maximum atomic E-state index is 5.74. The molecule has 1 aromatic heterocycles. The molecule has 2 nitrogen and oxygen atoms in total. The number of rotatable bonds is 7. The Bertz CT molecular complexity index is 346. The van der Waals surface area contributed by atoms with Crippen molar-refractivity contribution in [3.8, 4) is 0 Å². The summed E-state index contributed by atoms with van der Waals surface area (Å²) in [7, 11) is 1.85. The van der Waals surface area contributed by atoms with Crippen molar-refractivity contribution < 1.29 is 4.74 Å². The monoisotopic (exact) mass is 253 g/mol. The van der Waals surface area contributed by atoms with E-state index in [1.807, 2.05) is 18.4 Å². The fraction of sp³-hybridized carbons (Fsp3) is 0.714. The third-order valence-electron chi connectivity index (χ3n) is 3.41. The van der Waals surface area contributed by atoms with Crippen LogP contribution in [0.2, 0.25) is 0 Å². The average Bonchev–Trinajstić information content (AvgIpc) is 3.07. The molecular weight excluding hydrogens is 230 g/mol. The van der Waals surface area contributed by atoms with Crippen LogP contribution in [0.25, 0.3) is 0 Å². The van der Waals surface area contributed by atoms with Crippen LogP contribution < -0.4 is 5.32 Å². The van der Waals surface area contributed by atoms with Crippen LogP contribution in [0.5, 0.6) is 0 Å². The van der Waals surface area contributed by atoms with Crippen molar-refractivity contribution in [3.63, 3.8) is 0 Å². The van der Waals surface area contributed by atoms with Crippen LogP contribution in [-0.2, 0) is 4.74 Å². The lowest BCUT2D eigenvalue weighted by atomic mass is 10.00. The molecule has 2 rings (SSSR count). The number of thiophene rings is 1. The minimum absolute atomic E-state index is 0.343. The molecule has 2 unspecified atom stereocenters. The number of nitrogens with one attached hydrogen (secondary N) is 1. The van der Waals surface area contributed by atoms with Crippen LogP contribution in [0.15, 0.2) is 11.4 Å². The van der Waals surface area contributed by atoms with Gasteiger partial charge in [-0.2, -0.15) is 0 Å². The van der Waals surface area contributed by atoms with Gasteiger partial charge in [0.05, 0.1) is 12.1 Å². The summed E-state index contributed by atoms with van der Waals surface area (Å²) < 4.78 is 5.74. The lowest BCUT2D eigenvalue weighted by molar-refractivity contribution is 0.0508. The number of hydrogen-bond donors (Lipinski definition) is 1. The molecule has 96 valence electrons. The summed E-state index contributed by atoms with van der Waals surface area (Å²) >= 11 is 1.83. The molecule has 1 saturated carbocycles. The molecule has 2 atom stereocenters. The molecular formula is C14H23NOS. The molecule has 17 heavy (non-hydrogen) atoms. The largest absolute Gasteiger partial charge is 0.379 e. The van der Waals surface area contributed by atoms with Crippen molar-refractivity contribution in [2.24, 2.45) is 5.92 Å². The van der Waals surface area contributed by atoms with Crippen LogP contribution >= 0.6 is 11.3 Å².